The van der Waals surface area contributed by atoms with Crippen molar-refractivity contribution in [2.24, 2.45) is 5.92 Å². The highest BCUT2D eigenvalue weighted by molar-refractivity contribution is 5.47. The van der Waals surface area contributed by atoms with Gasteiger partial charge in [-0.1, -0.05) is 55.0 Å². The van der Waals surface area contributed by atoms with Gasteiger partial charge in [-0.3, -0.25) is 0 Å². The molecule has 3 rings (SSSR count). The van der Waals surface area contributed by atoms with Crippen LogP contribution >= 0.6 is 0 Å². The largest absolute Gasteiger partial charge is 0.380 e. The van der Waals surface area contributed by atoms with E-state index in [9.17, 15) is 10.4 Å². The Kier molecular flexibility index (Phi) is 3.30. The van der Waals surface area contributed by atoms with E-state index < -0.39 is 5.60 Å². The Morgan fingerprint density at radius 1 is 1.00 bits per heavy atom. The highest BCUT2D eigenvalue weighted by Crippen LogP contribution is 2.47. The van der Waals surface area contributed by atoms with Crippen molar-refractivity contribution in [3.63, 3.8) is 0 Å². The van der Waals surface area contributed by atoms with Gasteiger partial charge in [-0.05, 0) is 30.4 Å². The molecule has 1 aliphatic rings. The summed E-state index contributed by atoms with van der Waals surface area (Å²) >= 11 is 0. The standard InChI is InChI=1S/C18H17NO/c19-13-14-7-4-5-12-17(14)18(20,16-10-6-11-16)15-8-2-1-3-9-15/h1-5,7-9,12,16,20H,6,10-11H2. The van der Waals surface area contributed by atoms with Gasteiger partial charge < -0.3 is 5.11 Å². The van der Waals surface area contributed by atoms with E-state index in [-0.39, 0.29) is 5.92 Å². The molecule has 20 heavy (non-hydrogen) atoms. The Balaban J connectivity index is 2.18. The monoisotopic (exact) mass is 263 g/mol. The molecule has 0 amide bonds. The average molecular weight is 263 g/mol. The van der Waals surface area contributed by atoms with E-state index in [4.69, 9.17) is 0 Å². The predicted molar refractivity (Wildman–Crippen MR) is 77.9 cm³/mol. The molecule has 2 heteroatoms. The maximum Gasteiger partial charge on any atom is 0.119 e. The lowest BCUT2D eigenvalue weighted by molar-refractivity contribution is -0.0202. The van der Waals surface area contributed by atoms with Gasteiger partial charge in [0.15, 0.2) is 0 Å². The van der Waals surface area contributed by atoms with Crippen LogP contribution in [0.5, 0.6) is 0 Å². The van der Waals surface area contributed by atoms with Crippen molar-refractivity contribution in [3.05, 3.63) is 71.3 Å². The van der Waals surface area contributed by atoms with E-state index in [2.05, 4.69) is 6.07 Å². The van der Waals surface area contributed by atoms with Crippen LogP contribution in [-0.4, -0.2) is 5.11 Å². The number of nitriles is 1. The number of aliphatic hydroxyl groups is 1. The Bertz CT molecular complexity index is 640. The molecule has 0 spiro atoms. The van der Waals surface area contributed by atoms with Crippen LogP contribution in [0.1, 0.15) is 36.0 Å². The van der Waals surface area contributed by atoms with Gasteiger partial charge in [0.05, 0.1) is 11.6 Å². The fourth-order valence-electron chi connectivity index (χ4n) is 3.04. The van der Waals surface area contributed by atoms with Gasteiger partial charge in [-0.25, -0.2) is 0 Å². The first-order valence-electron chi connectivity index (χ1n) is 7.04. The zero-order valence-electron chi connectivity index (χ0n) is 11.3. The van der Waals surface area contributed by atoms with Crippen LogP contribution in [0.2, 0.25) is 0 Å². The Morgan fingerprint density at radius 2 is 1.65 bits per heavy atom. The minimum Gasteiger partial charge on any atom is -0.380 e. The van der Waals surface area contributed by atoms with Gasteiger partial charge in [0.2, 0.25) is 0 Å². The molecule has 0 radical (unpaired) electrons. The zero-order valence-corrected chi connectivity index (χ0v) is 11.3. The molecule has 1 unspecified atom stereocenters. The Labute approximate surface area is 119 Å². The third kappa shape index (κ3) is 1.92. The molecule has 0 aliphatic heterocycles. The van der Waals surface area contributed by atoms with Crippen LogP contribution in [0.15, 0.2) is 54.6 Å². The van der Waals surface area contributed by atoms with Crippen molar-refractivity contribution in [1.82, 2.24) is 0 Å². The van der Waals surface area contributed by atoms with Crippen LogP contribution in [0.4, 0.5) is 0 Å². The summed E-state index contributed by atoms with van der Waals surface area (Å²) in [6, 6.07) is 19.3. The first-order valence-corrected chi connectivity index (χ1v) is 7.04. The molecular weight excluding hydrogens is 246 g/mol. The fourth-order valence-corrected chi connectivity index (χ4v) is 3.04. The lowest BCUT2D eigenvalue weighted by atomic mass is 9.66. The smallest absolute Gasteiger partial charge is 0.119 e. The maximum atomic E-state index is 11.4. The second-order valence-electron chi connectivity index (χ2n) is 5.42. The molecule has 0 saturated heterocycles. The summed E-state index contributed by atoms with van der Waals surface area (Å²) in [5.41, 5.74) is 1.13. The van der Waals surface area contributed by atoms with Gasteiger partial charge in [0.25, 0.3) is 0 Å². The molecule has 0 bridgehead atoms. The molecule has 0 aromatic heterocycles. The topological polar surface area (TPSA) is 44.0 Å². The third-order valence-electron chi connectivity index (χ3n) is 4.37. The van der Waals surface area contributed by atoms with Gasteiger partial charge >= 0.3 is 0 Å². The van der Waals surface area contributed by atoms with Gasteiger partial charge in [-0.15, -0.1) is 0 Å². The van der Waals surface area contributed by atoms with Crippen LogP contribution in [-0.2, 0) is 5.60 Å². The minimum absolute atomic E-state index is 0.194. The average Bonchev–Trinajstić information content (AvgIpc) is 2.46. The van der Waals surface area contributed by atoms with E-state index in [0.717, 1.165) is 30.4 Å². The third-order valence-corrected chi connectivity index (χ3v) is 4.37. The highest BCUT2D eigenvalue weighted by atomic mass is 16.3. The second-order valence-corrected chi connectivity index (χ2v) is 5.42. The number of benzene rings is 2. The first-order chi connectivity index (χ1) is 9.76. The van der Waals surface area contributed by atoms with E-state index >= 15 is 0 Å². The summed E-state index contributed by atoms with van der Waals surface area (Å²) in [5, 5.41) is 20.8. The van der Waals surface area contributed by atoms with Crippen molar-refractivity contribution in [2.45, 2.75) is 24.9 Å². The maximum absolute atomic E-state index is 11.4. The van der Waals surface area contributed by atoms with Crippen LogP contribution < -0.4 is 0 Å². The van der Waals surface area contributed by atoms with Gasteiger partial charge in [0, 0.05) is 5.56 Å². The Hall–Kier alpha value is -2.11. The molecule has 0 heterocycles. The SMILES string of the molecule is N#Cc1ccccc1C(O)(c1ccccc1)C1CCC1. The van der Waals surface area contributed by atoms with Crippen molar-refractivity contribution in [1.29, 1.82) is 5.26 Å². The number of hydrogen-bond acceptors (Lipinski definition) is 2. The van der Waals surface area contributed by atoms with Crippen LogP contribution in [0, 0.1) is 17.2 Å². The minimum atomic E-state index is -1.05. The molecule has 1 N–H and O–H groups in total. The summed E-state index contributed by atoms with van der Waals surface area (Å²) in [5.74, 6) is 0.194. The first kappa shape index (κ1) is 12.9. The van der Waals surface area contributed by atoms with Crippen LogP contribution in [0.25, 0.3) is 0 Å². The van der Waals surface area contributed by atoms with E-state index in [1.165, 1.54) is 0 Å². The second kappa shape index (κ2) is 5.11. The van der Waals surface area contributed by atoms with Crippen molar-refractivity contribution < 1.29 is 5.11 Å². The number of nitrogens with zero attached hydrogens (tertiary/aromatic N) is 1. The van der Waals surface area contributed by atoms with Crippen molar-refractivity contribution >= 4 is 0 Å². The molecule has 2 nitrogen and oxygen atoms in total. The molecule has 2 aromatic rings. The molecular formula is C18H17NO. The summed E-state index contributed by atoms with van der Waals surface area (Å²) in [6.07, 6.45) is 3.16. The molecule has 1 aliphatic carbocycles. The fraction of sp³-hybridized carbons (Fsp3) is 0.278. The summed E-state index contributed by atoms with van der Waals surface area (Å²) in [7, 11) is 0. The lowest BCUT2D eigenvalue weighted by Gasteiger charge is -2.42. The summed E-state index contributed by atoms with van der Waals surface area (Å²) in [4.78, 5) is 0. The number of hydrogen-bond donors (Lipinski definition) is 1. The van der Waals surface area contributed by atoms with Gasteiger partial charge in [0.1, 0.15) is 5.60 Å². The zero-order chi connectivity index (χ0) is 14.0. The Morgan fingerprint density at radius 3 is 2.25 bits per heavy atom. The lowest BCUT2D eigenvalue weighted by Crippen LogP contribution is -2.40. The van der Waals surface area contributed by atoms with Gasteiger partial charge in [-0.2, -0.15) is 5.26 Å². The normalized spacial score (nSPS) is 17.8. The number of rotatable bonds is 3. The summed E-state index contributed by atoms with van der Waals surface area (Å²) in [6.45, 7) is 0. The quantitative estimate of drug-likeness (QED) is 0.919. The highest BCUT2D eigenvalue weighted by Gasteiger charge is 2.44. The van der Waals surface area contributed by atoms with Crippen molar-refractivity contribution in [3.8, 4) is 6.07 Å². The molecule has 2 aromatic carbocycles. The molecule has 1 fully saturated rings. The van der Waals surface area contributed by atoms with Crippen LogP contribution in [0.3, 0.4) is 0 Å². The molecule has 1 atom stereocenters. The molecule has 1 saturated carbocycles. The van der Waals surface area contributed by atoms with E-state index in [1.807, 2.05) is 48.5 Å². The summed E-state index contributed by atoms with van der Waals surface area (Å²) < 4.78 is 0. The van der Waals surface area contributed by atoms with E-state index in [1.54, 1.807) is 6.07 Å². The van der Waals surface area contributed by atoms with E-state index in [0.29, 0.717) is 5.56 Å². The molecule has 100 valence electrons. The van der Waals surface area contributed by atoms with Crippen molar-refractivity contribution in [2.75, 3.05) is 0 Å². The predicted octanol–water partition coefficient (Wildman–Crippen LogP) is 3.59.